The minimum atomic E-state index is -0.227. The summed E-state index contributed by atoms with van der Waals surface area (Å²) in [6.45, 7) is 6.11. The van der Waals surface area contributed by atoms with Crippen molar-refractivity contribution in [3.8, 4) is 0 Å². The van der Waals surface area contributed by atoms with Crippen molar-refractivity contribution < 1.29 is 4.79 Å². The molecule has 1 amide bonds. The summed E-state index contributed by atoms with van der Waals surface area (Å²) in [7, 11) is 0. The second kappa shape index (κ2) is 5.98. The molecule has 0 aliphatic heterocycles. The Morgan fingerprint density at radius 3 is 2.79 bits per heavy atom. The van der Waals surface area contributed by atoms with E-state index in [1.165, 1.54) is 22.7 Å². The SMILES string of the molecule is Cc1csc(C(=O)Nc2nnc(CC(C)C)s2)c1Cl. The topological polar surface area (TPSA) is 54.9 Å². The molecule has 0 aliphatic rings. The highest BCUT2D eigenvalue weighted by atomic mass is 35.5. The molecule has 0 saturated heterocycles. The minimum absolute atomic E-state index is 0.227. The van der Waals surface area contributed by atoms with Gasteiger partial charge in [-0.05, 0) is 23.8 Å². The van der Waals surface area contributed by atoms with E-state index in [1.54, 1.807) is 0 Å². The smallest absolute Gasteiger partial charge is 0.269 e. The Kier molecular flexibility index (Phi) is 4.54. The minimum Gasteiger partial charge on any atom is -0.296 e. The van der Waals surface area contributed by atoms with Crippen molar-refractivity contribution in [2.75, 3.05) is 5.32 Å². The van der Waals surface area contributed by atoms with E-state index in [9.17, 15) is 4.79 Å². The zero-order valence-electron chi connectivity index (χ0n) is 10.9. The molecule has 0 radical (unpaired) electrons. The number of nitrogens with zero attached hydrogens (tertiary/aromatic N) is 2. The van der Waals surface area contributed by atoms with Crippen LogP contribution in [0.15, 0.2) is 5.38 Å². The second-order valence-corrected chi connectivity index (χ2v) is 6.93. The van der Waals surface area contributed by atoms with Gasteiger partial charge >= 0.3 is 0 Å². The monoisotopic (exact) mass is 315 g/mol. The van der Waals surface area contributed by atoms with Crippen LogP contribution in [0.2, 0.25) is 5.02 Å². The Bertz CT molecular complexity index is 592. The number of halogens is 1. The molecule has 0 fully saturated rings. The van der Waals surface area contributed by atoms with E-state index < -0.39 is 0 Å². The van der Waals surface area contributed by atoms with Crippen molar-refractivity contribution in [3.63, 3.8) is 0 Å². The van der Waals surface area contributed by atoms with E-state index in [0.717, 1.165) is 17.0 Å². The lowest BCUT2D eigenvalue weighted by Crippen LogP contribution is -2.10. The van der Waals surface area contributed by atoms with Gasteiger partial charge in [-0.15, -0.1) is 21.5 Å². The third-order valence-corrected chi connectivity index (χ3v) is 4.93. The molecular weight excluding hydrogens is 302 g/mol. The van der Waals surface area contributed by atoms with Crippen molar-refractivity contribution in [2.24, 2.45) is 5.92 Å². The van der Waals surface area contributed by atoms with Gasteiger partial charge in [0.1, 0.15) is 9.88 Å². The predicted octanol–water partition coefficient (Wildman–Crippen LogP) is 4.01. The van der Waals surface area contributed by atoms with Gasteiger partial charge in [-0.2, -0.15) is 0 Å². The number of anilines is 1. The first-order chi connectivity index (χ1) is 8.97. The van der Waals surface area contributed by atoms with Gasteiger partial charge in [0.25, 0.3) is 5.91 Å². The quantitative estimate of drug-likeness (QED) is 0.927. The summed E-state index contributed by atoms with van der Waals surface area (Å²) in [6.07, 6.45) is 0.867. The number of aryl methyl sites for hydroxylation is 1. The highest BCUT2D eigenvalue weighted by Gasteiger charge is 2.16. The molecule has 0 atom stereocenters. The number of thiophene rings is 1. The molecule has 1 N–H and O–H groups in total. The predicted molar refractivity (Wildman–Crippen MR) is 80.5 cm³/mol. The van der Waals surface area contributed by atoms with Crippen molar-refractivity contribution in [2.45, 2.75) is 27.2 Å². The van der Waals surface area contributed by atoms with Crippen molar-refractivity contribution in [3.05, 3.63) is 25.9 Å². The van der Waals surface area contributed by atoms with Crippen molar-refractivity contribution in [1.29, 1.82) is 0 Å². The number of rotatable bonds is 4. The summed E-state index contributed by atoms with van der Waals surface area (Å²) in [5.74, 6) is 0.293. The van der Waals surface area contributed by atoms with Gasteiger partial charge in [-0.3, -0.25) is 10.1 Å². The first-order valence-corrected chi connectivity index (χ1v) is 7.92. The van der Waals surface area contributed by atoms with Crippen LogP contribution in [0.5, 0.6) is 0 Å². The molecule has 4 nitrogen and oxygen atoms in total. The van der Waals surface area contributed by atoms with Gasteiger partial charge in [0.15, 0.2) is 0 Å². The second-order valence-electron chi connectivity index (χ2n) is 4.61. The maximum Gasteiger partial charge on any atom is 0.269 e. The summed E-state index contributed by atoms with van der Waals surface area (Å²) >= 11 is 8.80. The zero-order valence-corrected chi connectivity index (χ0v) is 13.2. The zero-order chi connectivity index (χ0) is 14.0. The third-order valence-electron chi connectivity index (χ3n) is 2.38. The summed E-state index contributed by atoms with van der Waals surface area (Å²) in [4.78, 5) is 12.5. The summed E-state index contributed by atoms with van der Waals surface area (Å²) in [5.41, 5.74) is 0.912. The molecule has 0 bridgehead atoms. The van der Waals surface area contributed by atoms with Gasteiger partial charge < -0.3 is 0 Å². The van der Waals surface area contributed by atoms with Crippen LogP contribution in [-0.2, 0) is 6.42 Å². The number of amides is 1. The lowest BCUT2D eigenvalue weighted by molar-refractivity contribution is 0.103. The fourth-order valence-electron chi connectivity index (χ4n) is 1.47. The van der Waals surface area contributed by atoms with Gasteiger partial charge in [-0.1, -0.05) is 36.8 Å². The average Bonchev–Trinajstić information content (AvgIpc) is 2.87. The van der Waals surface area contributed by atoms with Crippen molar-refractivity contribution >= 4 is 45.3 Å². The Labute approximate surface area is 124 Å². The van der Waals surface area contributed by atoms with E-state index in [1.807, 2.05) is 12.3 Å². The molecule has 0 spiro atoms. The average molecular weight is 316 g/mol. The van der Waals surface area contributed by atoms with Gasteiger partial charge in [0, 0.05) is 6.42 Å². The van der Waals surface area contributed by atoms with Crippen LogP contribution in [0.1, 0.15) is 34.1 Å². The molecule has 0 unspecified atom stereocenters. The Balaban J connectivity index is 2.07. The number of carbonyl (C=O) groups excluding carboxylic acids is 1. The summed E-state index contributed by atoms with van der Waals surface area (Å²) in [5, 5.41) is 14.6. The highest BCUT2D eigenvalue weighted by molar-refractivity contribution is 7.16. The molecule has 2 rings (SSSR count). The lowest BCUT2D eigenvalue weighted by atomic mass is 10.1. The standard InChI is InChI=1S/C12H14ClN3OS2/c1-6(2)4-8-15-16-12(19-8)14-11(17)10-9(13)7(3)5-18-10/h5-6H,4H2,1-3H3,(H,14,16,17). The van der Waals surface area contributed by atoms with Gasteiger partial charge in [0.05, 0.1) is 5.02 Å². The van der Waals surface area contributed by atoms with Crippen LogP contribution in [-0.4, -0.2) is 16.1 Å². The van der Waals surface area contributed by atoms with Crippen LogP contribution in [0.25, 0.3) is 0 Å². The number of hydrogen-bond donors (Lipinski definition) is 1. The molecule has 102 valence electrons. The Morgan fingerprint density at radius 1 is 1.47 bits per heavy atom. The van der Waals surface area contributed by atoms with Crippen molar-refractivity contribution in [1.82, 2.24) is 10.2 Å². The van der Waals surface area contributed by atoms with Gasteiger partial charge in [-0.25, -0.2) is 0 Å². The Hall–Kier alpha value is -0.980. The molecular formula is C12H14ClN3OS2. The van der Waals surface area contributed by atoms with E-state index in [-0.39, 0.29) is 5.91 Å². The van der Waals surface area contributed by atoms with E-state index in [2.05, 4.69) is 29.4 Å². The first kappa shape index (κ1) is 14.4. The summed E-state index contributed by atoms with van der Waals surface area (Å²) < 4.78 is 0. The van der Waals surface area contributed by atoms with Gasteiger partial charge in [0.2, 0.25) is 5.13 Å². The largest absolute Gasteiger partial charge is 0.296 e. The fraction of sp³-hybridized carbons (Fsp3) is 0.417. The van der Waals surface area contributed by atoms with E-state index in [4.69, 9.17) is 11.6 Å². The maximum atomic E-state index is 12.0. The van der Waals surface area contributed by atoms with Crippen LogP contribution >= 0.6 is 34.3 Å². The van der Waals surface area contributed by atoms with E-state index >= 15 is 0 Å². The molecule has 0 aromatic carbocycles. The molecule has 0 saturated carbocycles. The maximum absolute atomic E-state index is 12.0. The number of nitrogens with one attached hydrogen (secondary N) is 1. The number of aromatic nitrogens is 2. The summed E-state index contributed by atoms with van der Waals surface area (Å²) in [6, 6.07) is 0. The molecule has 19 heavy (non-hydrogen) atoms. The normalized spacial score (nSPS) is 11.0. The van der Waals surface area contributed by atoms with Crippen LogP contribution in [0.3, 0.4) is 0 Å². The molecule has 2 aromatic rings. The highest BCUT2D eigenvalue weighted by Crippen LogP contribution is 2.28. The fourth-order valence-corrected chi connectivity index (χ4v) is 3.59. The number of hydrogen-bond acceptors (Lipinski definition) is 5. The number of carbonyl (C=O) groups is 1. The lowest BCUT2D eigenvalue weighted by Gasteiger charge is -1.99. The third kappa shape index (κ3) is 3.52. The van der Waals surface area contributed by atoms with Crippen LogP contribution < -0.4 is 5.32 Å². The molecule has 2 aromatic heterocycles. The first-order valence-electron chi connectivity index (χ1n) is 5.84. The van der Waals surface area contributed by atoms with E-state index in [0.29, 0.717) is 20.9 Å². The van der Waals surface area contributed by atoms with Crippen LogP contribution in [0.4, 0.5) is 5.13 Å². The van der Waals surface area contributed by atoms with Crippen LogP contribution in [0, 0.1) is 12.8 Å². The molecule has 2 heterocycles. The Morgan fingerprint density at radius 2 is 2.21 bits per heavy atom. The molecule has 0 aliphatic carbocycles. The molecule has 7 heteroatoms.